The van der Waals surface area contributed by atoms with Gasteiger partial charge in [-0.2, -0.15) is 15.2 Å². The maximum atomic E-state index is 5.14. The number of rotatable bonds is 5. The minimum atomic E-state index is 0.474. The van der Waals surface area contributed by atoms with E-state index in [0.717, 1.165) is 28.4 Å². The molecule has 128 valence electrons. The molecule has 7 heteroatoms. The second kappa shape index (κ2) is 7.21. The fourth-order valence-electron chi connectivity index (χ4n) is 2.43. The Labute approximate surface area is 146 Å². The van der Waals surface area contributed by atoms with Gasteiger partial charge in [-0.3, -0.25) is 0 Å². The third kappa shape index (κ3) is 4.06. The fourth-order valence-corrected chi connectivity index (χ4v) is 2.43. The summed E-state index contributed by atoms with van der Waals surface area (Å²) in [6, 6.07) is 11.5. The van der Waals surface area contributed by atoms with Gasteiger partial charge in [0.25, 0.3) is 5.95 Å². The summed E-state index contributed by atoms with van der Waals surface area (Å²) < 4.78 is 6.86. The van der Waals surface area contributed by atoms with Crippen LogP contribution in [0.4, 0.5) is 5.82 Å². The number of hydrogen-bond donors (Lipinski definition) is 0. The molecule has 0 radical (unpaired) electrons. The molecule has 7 nitrogen and oxygen atoms in total. The van der Waals surface area contributed by atoms with Crippen molar-refractivity contribution in [3.8, 4) is 11.7 Å². The lowest BCUT2D eigenvalue weighted by Gasteiger charge is -2.04. The fraction of sp³-hybridized carbons (Fsp3) is 0.278. The average molecular weight is 336 g/mol. The second-order valence-corrected chi connectivity index (χ2v) is 5.75. The van der Waals surface area contributed by atoms with Gasteiger partial charge in [-0.25, -0.2) is 9.67 Å². The van der Waals surface area contributed by atoms with Crippen molar-refractivity contribution >= 4 is 5.82 Å². The van der Waals surface area contributed by atoms with E-state index < -0.39 is 0 Å². The summed E-state index contributed by atoms with van der Waals surface area (Å²) in [7, 11) is 1.65. The molecule has 2 heterocycles. The van der Waals surface area contributed by atoms with Crippen LogP contribution in [0.3, 0.4) is 0 Å². The van der Waals surface area contributed by atoms with Crippen molar-refractivity contribution in [3.63, 3.8) is 0 Å². The Morgan fingerprint density at radius 2 is 1.76 bits per heavy atom. The third-order valence-electron chi connectivity index (χ3n) is 3.61. The number of hydrogen-bond acceptors (Lipinski definition) is 6. The van der Waals surface area contributed by atoms with Crippen molar-refractivity contribution in [2.24, 2.45) is 10.2 Å². The highest BCUT2D eigenvalue weighted by Crippen LogP contribution is 2.16. The Kier molecular flexibility index (Phi) is 4.83. The smallest absolute Gasteiger partial charge is 0.253 e. The molecule has 0 saturated heterocycles. The first-order valence-electron chi connectivity index (χ1n) is 7.95. The van der Waals surface area contributed by atoms with Crippen LogP contribution in [-0.4, -0.2) is 26.9 Å². The van der Waals surface area contributed by atoms with E-state index in [1.54, 1.807) is 17.9 Å². The van der Waals surface area contributed by atoms with Gasteiger partial charge in [-0.1, -0.05) is 12.1 Å². The molecular formula is C18H20N6O. The molecule has 0 fully saturated rings. The number of methoxy groups -OCH3 is 1. The first-order valence-corrected chi connectivity index (χ1v) is 7.95. The quantitative estimate of drug-likeness (QED) is 0.662. The van der Waals surface area contributed by atoms with E-state index in [1.165, 1.54) is 0 Å². The van der Waals surface area contributed by atoms with Crippen LogP contribution in [-0.2, 0) is 6.54 Å². The predicted molar refractivity (Wildman–Crippen MR) is 94.6 cm³/mol. The number of aryl methyl sites for hydroxylation is 3. The van der Waals surface area contributed by atoms with Crippen LogP contribution in [0, 0.1) is 20.8 Å². The molecule has 0 spiro atoms. The van der Waals surface area contributed by atoms with Crippen molar-refractivity contribution in [1.29, 1.82) is 0 Å². The molecule has 0 bridgehead atoms. The molecule has 0 saturated carbocycles. The highest BCUT2D eigenvalue weighted by molar-refractivity contribution is 5.33. The summed E-state index contributed by atoms with van der Waals surface area (Å²) in [6.45, 7) is 6.28. The lowest BCUT2D eigenvalue weighted by Crippen LogP contribution is -2.05. The van der Waals surface area contributed by atoms with Gasteiger partial charge in [0, 0.05) is 17.5 Å². The van der Waals surface area contributed by atoms with Crippen molar-refractivity contribution < 1.29 is 4.74 Å². The molecule has 2 aromatic heterocycles. The van der Waals surface area contributed by atoms with Crippen molar-refractivity contribution in [2.75, 3.05) is 7.11 Å². The molecule has 0 aliphatic heterocycles. The summed E-state index contributed by atoms with van der Waals surface area (Å²) in [5, 5.41) is 12.9. The van der Waals surface area contributed by atoms with Crippen LogP contribution in [0.2, 0.25) is 0 Å². The highest BCUT2D eigenvalue weighted by atomic mass is 16.5. The Bertz CT molecular complexity index is 898. The van der Waals surface area contributed by atoms with Gasteiger partial charge in [-0.15, -0.1) is 5.11 Å². The van der Waals surface area contributed by atoms with Crippen LogP contribution in [0.5, 0.6) is 5.75 Å². The normalized spacial score (nSPS) is 11.2. The van der Waals surface area contributed by atoms with Gasteiger partial charge in [0.05, 0.1) is 19.3 Å². The summed E-state index contributed by atoms with van der Waals surface area (Å²) in [5.41, 5.74) is 3.76. The molecule has 0 aliphatic rings. The largest absolute Gasteiger partial charge is 0.497 e. The van der Waals surface area contributed by atoms with Crippen LogP contribution in [0.15, 0.2) is 46.6 Å². The zero-order valence-corrected chi connectivity index (χ0v) is 14.8. The van der Waals surface area contributed by atoms with Crippen LogP contribution >= 0.6 is 0 Å². The van der Waals surface area contributed by atoms with Crippen LogP contribution in [0.25, 0.3) is 5.95 Å². The topological polar surface area (TPSA) is 77.5 Å². The highest BCUT2D eigenvalue weighted by Gasteiger charge is 2.08. The Morgan fingerprint density at radius 1 is 1.00 bits per heavy atom. The molecular weight excluding hydrogens is 316 g/mol. The van der Waals surface area contributed by atoms with E-state index in [1.807, 2.05) is 51.1 Å². The molecule has 25 heavy (non-hydrogen) atoms. The minimum Gasteiger partial charge on any atom is -0.497 e. The van der Waals surface area contributed by atoms with Crippen molar-refractivity contribution in [1.82, 2.24) is 19.7 Å². The zero-order valence-electron chi connectivity index (χ0n) is 14.8. The molecule has 3 aromatic rings. The summed E-state index contributed by atoms with van der Waals surface area (Å²) in [6.07, 6.45) is 0. The first kappa shape index (κ1) is 16.8. The van der Waals surface area contributed by atoms with Gasteiger partial charge >= 0.3 is 0 Å². The Hall–Kier alpha value is -3.09. The van der Waals surface area contributed by atoms with E-state index >= 15 is 0 Å². The zero-order chi connectivity index (χ0) is 17.8. The van der Waals surface area contributed by atoms with E-state index in [-0.39, 0.29) is 0 Å². The summed E-state index contributed by atoms with van der Waals surface area (Å²) >= 11 is 0. The Morgan fingerprint density at radius 3 is 2.40 bits per heavy atom. The molecule has 0 atom stereocenters. The lowest BCUT2D eigenvalue weighted by molar-refractivity contribution is 0.414. The van der Waals surface area contributed by atoms with Crippen molar-refractivity contribution in [2.45, 2.75) is 27.3 Å². The van der Waals surface area contributed by atoms with Crippen LogP contribution < -0.4 is 4.74 Å². The predicted octanol–water partition coefficient (Wildman–Crippen LogP) is 3.88. The van der Waals surface area contributed by atoms with E-state index in [9.17, 15) is 0 Å². The number of ether oxygens (including phenoxy) is 1. The molecule has 0 aliphatic carbocycles. The average Bonchev–Trinajstić information content (AvgIpc) is 2.93. The molecule has 3 rings (SSSR count). The Balaban J connectivity index is 1.79. The van der Waals surface area contributed by atoms with Gasteiger partial charge in [0.2, 0.25) is 0 Å². The van der Waals surface area contributed by atoms with Crippen LogP contribution in [0.1, 0.15) is 22.6 Å². The molecule has 0 N–H and O–H groups in total. The third-order valence-corrected chi connectivity index (χ3v) is 3.61. The first-order chi connectivity index (χ1) is 12.0. The van der Waals surface area contributed by atoms with Gasteiger partial charge in [0.15, 0.2) is 5.82 Å². The summed E-state index contributed by atoms with van der Waals surface area (Å²) in [5.74, 6) is 1.84. The van der Waals surface area contributed by atoms with Gasteiger partial charge in [-0.05, 0) is 44.5 Å². The maximum Gasteiger partial charge on any atom is 0.253 e. The SMILES string of the molecule is COc1ccc(CN=Nc2cc(C)nc(-n3nc(C)cc3C)n2)cc1. The second-order valence-electron chi connectivity index (χ2n) is 5.75. The monoisotopic (exact) mass is 336 g/mol. The molecule has 0 amide bonds. The van der Waals surface area contributed by atoms with E-state index in [4.69, 9.17) is 4.74 Å². The minimum absolute atomic E-state index is 0.474. The number of aromatic nitrogens is 4. The van der Waals surface area contributed by atoms with E-state index in [2.05, 4.69) is 25.3 Å². The standard InChI is InChI=1S/C18H20N6O/c1-12-10-17(21-18(20-12)24-14(3)9-13(2)23-24)22-19-11-15-5-7-16(25-4)8-6-15/h5-10H,11H2,1-4H3. The van der Waals surface area contributed by atoms with E-state index in [0.29, 0.717) is 18.3 Å². The van der Waals surface area contributed by atoms with Gasteiger partial charge in [0.1, 0.15) is 5.75 Å². The van der Waals surface area contributed by atoms with Gasteiger partial charge < -0.3 is 4.74 Å². The number of nitrogens with zero attached hydrogens (tertiary/aromatic N) is 6. The lowest BCUT2D eigenvalue weighted by atomic mass is 10.2. The molecule has 1 aromatic carbocycles. The molecule has 0 unspecified atom stereocenters. The maximum absolute atomic E-state index is 5.14. The summed E-state index contributed by atoms with van der Waals surface area (Å²) in [4.78, 5) is 8.88. The number of benzene rings is 1. The van der Waals surface area contributed by atoms with Crippen molar-refractivity contribution in [3.05, 3.63) is 59.0 Å². The number of azo groups is 1.